The maximum Gasteiger partial charge on any atom is 0.223 e. The Balaban J connectivity index is 1.61. The van der Waals surface area contributed by atoms with Gasteiger partial charge in [-0.05, 0) is 25.5 Å². The standard InChI is InChI=1S/C17H18N4OS/c1-12-16(23-11-19-12)7-8-17(22)21(2)10-13-9-18-14-5-3-4-6-15(14)20-13/h3-6,9,11H,7-8,10H2,1-2H3. The lowest BCUT2D eigenvalue weighted by Gasteiger charge is -2.16. The Bertz CT molecular complexity index is 830. The fourth-order valence-corrected chi connectivity index (χ4v) is 3.16. The number of carbonyl (C=O) groups is 1. The third-order valence-corrected chi connectivity index (χ3v) is 4.73. The zero-order valence-electron chi connectivity index (χ0n) is 13.2. The van der Waals surface area contributed by atoms with Crippen LogP contribution in [0.3, 0.4) is 0 Å². The van der Waals surface area contributed by atoms with E-state index < -0.39 is 0 Å². The Labute approximate surface area is 139 Å². The Hall–Kier alpha value is -2.34. The zero-order chi connectivity index (χ0) is 16.2. The molecule has 23 heavy (non-hydrogen) atoms. The summed E-state index contributed by atoms with van der Waals surface area (Å²) in [6, 6.07) is 7.74. The predicted molar refractivity (Wildman–Crippen MR) is 91.2 cm³/mol. The van der Waals surface area contributed by atoms with Gasteiger partial charge in [0.05, 0.1) is 40.7 Å². The van der Waals surface area contributed by atoms with Gasteiger partial charge in [-0.2, -0.15) is 0 Å². The molecule has 0 aliphatic heterocycles. The second-order valence-electron chi connectivity index (χ2n) is 5.46. The monoisotopic (exact) mass is 326 g/mol. The van der Waals surface area contributed by atoms with E-state index in [2.05, 4.69) is 15.0 Å². The number of amides is 1. The maximum absolute atomic E-state index is 12.3. The van der Waals surface area contributed by atoms with Gasteiger partial charge in [-0.1, -0.05) is 12.1 Å². The molecule has 1 amide bonds. The third-order valence-electron chi connectivity index (χ3n) is 3.73. The molecule has 0 radical (unpaired) electrons. The highest BCUT2D eigenvalue weighted by atomic mass is 32.1. The molecule has 0 fully saturated rings. The van der Waals surface area contributed by atoms with Crippen molar-refractivity contribution in [3.05, 3.63) is 52.2 Å². The first-order valence-corrected chi connectivity index (χ1v) is 8.35. The van der Waals surface area contributed by atoms with Crippen molar-refractivity contribution in [2.45, 2.75) is 26.3 Å². The summed E-state index contributed by atoms with van der Waals surface area (Å²) in [5.41, 5.74) is 5.36. The van der Waals surface area contributed by atoms with Crippen molar-refractivity contribution >= 4 is 28.3 Å². The minimum absolute atomic E-state index is 0.104. The lowest BCUT2D eigenvalue weighted by molar-refractivity contribution is -0.130. The molecule has 0 bridgehead atoms. The van der Waals surface area contributed by atoms with E-state index in [1.807, 2.05) is 36.7 Å². The predicted octanol–water partition coefficient (Wildman–Crippen LogP) is 2.99. The second kappa shape index (κ2) is 6.83. The van der Waals surface area contributed by atoms with Gasteiger partial charge < -0.3 is 4.90 Å². The van der Waals surface area contributed by atoms with Gasteiger partial charge in [0, 0.05) is 18.3 Å². The van der Waals surface area contributed by atoms with Crippen LogP contribution in [0.5, 0.6) is 0 Å². The van der Waals surface area contributed by atoms with Gasteiger partial charge in [0.2, 0.25) is 5.91 Å². The molecule has 3 aromatic rings. The van der Waals surface area contributed by atoms with Crippen LogP contribution in [-0.4, -0.2) is 32.8 Å². The maximum atomic E-state index is 12.3. The van der Waals surface area contributed by atoms with Gasteiger partial charge in [-0.15, -0.1) is 11.3 Å². The lowest BCUT2D eigenvalue weighted by atomic mass is 10.2. The van der Waals surface area contributed by atoms with Crippen molar-refractivity contribution in [1.29, 1.82) is 0 Å². The smallest absolute Gasteiger partial charge is 0.223 e. The molecule has 0 saturated carbocycles. The zero-order valence-corrected chi connectivity index (χ0v) is 14.0. The Morgan fingerprint density at radius 3 is 2.74 bits per heavy atom. The van der Waals surface area contributed by atoms with Crippen LogP contribution in [0, 0.1) is 6.92 Å². The average Bonchev–Trinajstić information content (AvgIpc) is 2.97. The average molecular weight is 326 g/mol. The van der Waals surface area contributed by atoms with Gasteiger partial charge >= 0.3 is 0 Å². The summed E-state index contributed by atoms with van der Waals surface area (Å²) >= 11 is 1.60. The summed E-state index contributed by atoms with van der Waals surface area (Å²) in [6.07, 6.45) is 2.96. The number of fused-ring (bicyclic) bond motifs is 1. The van der Waals surface area contributed by atoms with Gasteiger partial charge in [0.25, 0.3) is 0 Å². The van der Waals surface area contributed by atoms with Crippen LogP contribution in [0.1, 0.15) is 22.7 Å². The van der Waals surface area contributed by atoms with E-state index in [1.165, 1.54) is 4.88 Å². The molecule has 0 spiro atoms. The van der Waals surface area contributed by atoms with Crippen LogP contribution in [-0.2, 0) is 17.8 Å². The summed E-state index contributed by atoms with van der Waals surface area (Å²) in [6.45, 7) is 2.45. The highest BCUT2D eigenvalue weighted by molar-refractivity contribution is 7.09. The number of benzene rings is 1. The van der Waals surface area contributed by atoms with E-state index in [4.69, 9.17) is 0 Å². The highest BCUT2D eigenvalue weighted by Crippen LogP contribution is 2.15. The number of rotatable bonds is 5. The lowest BCUT2D eigenvalue weighted by Crippen LogP contribution is -2.26. The molecular formula is C17H18N4OS. The molecule has 0 aliphatic carbocycles. The number of para-hydroxylation sites is 2. The number of hydrogen-bond donors (Lipinski definition) is 0. The topological polar surface area (TPSA) is 59.0 Å². The fraction of sp³-hybridized carbons (Fsp3) is 0.294. The number of nitrogens with zero attached hydrogens (tertiary/aromatic N) is 4. The third kappa shape index (κ3) is 3.71. The van der Waals surface area contributed by atoms with Crippen LogP contribution in [0.15, 0.2) is 36.0 Å². The van der Waals surface area contributed by atoms with Gasteiger partial charge in [0.15, 0.2) is 0 Å². The largest absolute Gasteiger partial charge is 0.340 e. The fourth-order valence-electron chi connectivity index (χ4n) is 2.38. The summed E-state index contributed by atoms with van der Waals surface area (Å²) in [5, 5.41) is 0. The molecule has 0 saturated heterocycles. The van der Waals surface area contributed by atoms with Crippen molar-refractivity contribution in [2.24, 2.45) is 0 Å². The summed E-state index contributed by atoms with van der Waals surface area (Å²) in [5.74, 6) is 0.104. The molecule has 3 rings (SSSR count). The van der Waals surface area contributed by atoms with Crippen LogP contribution in [0.2, 0.25) is 0 Å². The van der Waals surface area contributed by atoms with Crippen LogP contribution in [0.25, 0.3) is 11.0 Å². The van der Waals surface area contributed by atoms with Gasteiger partial charge in [-0.25, -0.2) is 9.97 Å². The molecule has 118 valence electrons. The molecule has 5 nitrogen and oxygen atoms in total. The summed E-state index contributed by atoms with van der Waals surface area (Å²) < 4.78 is 0. The van der Waals surface area contributed by atoms with E-state index in [9.17, 15) is 4.79 Å². The Morgan fingerprint density at radius 1 is 1.22 bits per heavy atom. The Morgan fingerprint density at radius 2 is 2.00 bits per heavy atom. The number of thiazole rings is 1. The molecule has 0 N–H and O–H groups in total. The Kier molecular flexibility index (Phi) is 4.62. The van der Waals surface area contributed by atoms with E-state index >= 15 is 0 Å². The second-order valence-corrected chi connectivity index (χ2v) is 6.40. The molecule has 0 aliphatic rings. The molecule has 6 heteroatoms. The van der Waals surface area contributed by atoms with E-state index in [0.717, 1.165) is 28.8 Å². The van der Waals surface area contributed by atoms with Crippen molar-refractivity contribution in [3.8, 4) is 0 Å². The number of carbonyl (C=O) groups excluding carboxylic acids is 1. The van der Waals surface area contributed by atoms with Crippen molar-refractivity contribution in [3.63, 3.8) is 0 Å². The quantitative estimate of drug-likeness (QED) is 0.723. The first-order chi connectivity index (χ1) is 11.1. The molecule has 1 aromatic carbocycles. The van der Waals surface area contributed by atoms with E-state index in [0.29, 0.717) is 13.0 Å². The summed E-state index contributed by atoms with van der Waals surface area (Å²) in [4.78, 5) is 28.3. The van der Waals surface area contributed by atoms with E-state index in [1.54, 1.807) is 29.5 Å². The van der Waals surface area contributed by atoms with Crippen molar-refractivity contribution in [1.82, 2.24) is 19.9 Å². The number of hydrogen-bond acceptors (Lipinski definition) is 5. The van der Waals surface area contributed by atoms with Crippen LogP contribution in [0.4, 0.5) is 0 Å². The minimum Gasteiger partial charge on any atom is -0.340 e. The van der Waals surface area contributed by atoms with Crippen molar-refractivity contribution in [2.75, 3.05) is 7.05 Å². The van der Waals surface area contributed by atoms with Gasteiger partial charge in [-0.3, -0.25) is 9.78 Å². The molecule has 0 atom stereocenters. The van der Waals surface area contributed by atoms with E-state index in [-0.39, 0.29) is 5.91 Å². The molecule has 2 heterocycles. The minimum atomic E-state index is 0.104. The first kappa shape index (κ1) is 15.6. The molecule has 0 unspecified atom stereocenters. The molecule has 2 aromatic heterocycles. The van der Waals surface area contributed by atoms with Crippen LogP contribution < -0.4 is 0 Å². The SMILES string of the molecule is Cc1ncsc1CCC(=O)N(C)Cc1cnc2ccccc2n1. The highest BCUT2D eigenvalue weighted by Gasteiger charge is 2.12. The normalized spacial score (nSPS) is 10.9. The van der Waals surface area contributed by atoms with Gasteiger partial charge in [0.1, 0.15) is 0 Å². The van der Waals surface area contributed by atoms with Crippen LogP contribution >= 0.6 is 11.3 Å². The van der Waals surface area contributed by atoms with Crippen molar-refractivity contribution < 1.29 is 4.79 Å². The first-order valence-electron chi connectivity index (χ1n) is 7.47. The number of aromatic nitrogens is 3. The number of aryl methyl sites for hydroxylation is 2. The molecular weight excluding hydrogens is 308 g/mol. The summed E-state index contributed by atoms with van der Waals surface area (Å²) in [7, 11) is 1.80.